The second-order valence-corrected chi connectivity index (χ2v) is 5.24. The van der Waals surface area contributed by atoms with Crippen LogP contribution < -0.4 is 5.32 Å². The molecular weight excluding hydrogens is 288 g/mol. The third-order valence-corrected chi connectivity index (χ3v) is 3.70. The SMILES string of the molecule is c1ccc(Nc2ncnc3c2ncn3CCn2cccc2)cc1. The fourth-order valence-corrected chi connectivity index (χ4v) is 2.54. The summed E-state index contributed by atoms with van der Waals surface area (Å²) in [6, 6.07) is 14.0. The van der Waals surface area contributed by atoms with E-state index in [0.29, 0.717) is 0 Å². The van der Waals surface area contributed by atoms with Crippen molar-refractivity contribution in [2.45, 2.75) is 13.1 Å². The summed E-state index contributed by atoms with van der Waals surface area (Å²) in [5.41, 5.74) is 2.60. The Labute approximate surface area is 133 Å². The molecule has 6 heteroatoms. The number of rotatable bonds is 5. The second-order valence-electron chi connectivity index (χ2n) is 5.24. The van der Waals surface area contributed by atoms with E-state index in [0.717, 1.165) is 35.8 Å². The Morgan fingerprint density at radius 2 is 1.70 bits per heavy atom. The molecule has 0 aliphatic rings. The van der Waals surface area contributed by atoms with Gasteiger partial charge in [-0.2, -0.15) is 0 Å². The van der Waals surface area contributed by atoms with E-state index >= 15 is 0 Å². The van der Waals surface area contributed by atoms with Crippen molar-refractivity contribution in [1.82, 2.24) is 24.1 Å². The van der Waals surface area contributed by atoms with Gasteiger partial charge >= 0.3 is 0 Å². The molecular formula is C17H16N6. The summed E-state index contributed by atoms with van der Waals surface area (Å²) in [7, 11) is 0. The Balaban J connectivity index is 1.61. The molecule has 0 atom stereocenters. The molecule has 0 fully saturated rings. The number of nitrogens with one attached hydrogen (secondary N) is 1. The molecule has 4 aromatic rings. The van der Waals surface area contributed by atoms with E-state index in [2.05, 4.69) is 37.2 Å². The second kappa shape index (κ2) is 5.92. The maximum atomic E-state index is 4.48. The lowest BCUT2D eigenvalue weighted by Gasteiger charge is -2.07. The number of hydrogen-bond acceptors (Lipinski definition) is 4. The van der Waals surface area contributed by atoms with Crippen molar-refractivity contribution in [2.75, 3.05) is 5.32 Å². The van der Waals surface area contributed by atoms with Gasteiger partial charge in [0.2, 0.25) is 0 Å². The van der Waals surface area contributed by atoms with E-state index in [1.807, 2.05) is 53.4 Å². The summed E-state index contributed by atoms with van der Waals surface area (Å²) in [5, 5.41) is 3.30. The predicted molar refractivity (Wildman–Crippen MR) is 89.5 cm³/mol. The molecule has 0 amide bonds. The number of nitrogens with zero attached hydrogens (tertiary/aromatic N) is 5. The van der Waals surface area contributed by atoms with Gasteiger partial charge in [0.15, 0.2) is 17.0 Å². The zero-order valence-electron chi connectivity index (χ0n) is 12.5. The highest BCUT2D eigenvalue weighted by Gasteiger charge is 2.10. The molecule has 0 aliphatic heterocycles. The third-order valence-electron chi connectivity index (χ3n) is 3.70. The molecule has 3 aromatic heterocycles. The van der Waals surface area contributed by atoms with Crippen LogP contribution in [0.4, 0.5) is 11.5 Å². The first-order valence-corrected chi connectivity index (χ1v) is 7.49. The average Bonchev–Trinajstić information content (AvgIpc) is 3.24. The number of para-hydroxylation sites is 1. The minimum Gasteiger partial charge on any atom is -0.352 e. The van der Waals surface area contributed by atoms with Gasteiger partial charge in [0.05, 0.1) is 6.33 Å². The number of aryl methyl sites for hydroxylation is 2. The van der Waals surface area contributed by atoms with E-state index in [4.69, 9.17) is 0 Å². The Morgan fingerprint density at radius 1 is 0.870 bits per heavy atom. The molecule has 0 saturated heterocycles. The minimum absolute atomic E-state index is 0.723. The van der Waals surface area contributed by atoms with Crippen LogP contribution in [-0.4, -0.2) is 24.1 Å². The van der Waals surface area contributed by atoms with E-state index in [9.17, 15) is 0 Å². The fraction of sp³-hybridized carbons (Fsp3) is 0.118. The van der Waals surface area contributed by atoms with Crippen molar-refractivity contribution in [3.05, 3.63) is 67.5 Å². The molecule has 0 bridgehead atoms. The van der Waals surface area contributed by atoms with E-state index in [1.54, 1.807) is 6.33 Å². The summed E-state index contributed by atoms with van der Waals surface area (Å²) >= 11 is 0. The lowest BCUT2D eigenvalue weighted by atomic mass is 10.3. The Morgan fingerprint density at radius 3 is 2.52 bits per heavy atom. The summed E-state index contributed by atoms with van der Waals surface area (Å²) < 4.78 is 4.18. The molecule has 1 aromatic carbocycles. The van der Waals surface area contributed by atoms with Crippen molar-refractivity contribution in [3.8, 4) is 0 Å². The van der Waals surface area contributed by atoms with Gasteiger partial charge < -0.3 is 14.5 Å². The number of benzene rings is 1. The van der Waals surface area contributed by atoms with Gasteiger partial charge in [0, 0.05) is 31.2 Å². The highest BCUT2D eigenvalue weighted by molar-refractivity contribution is 5.84. The van der Waals surface area contributed by atoms with Gasteiger partial charge in [-0.25, -0.2) is 15.0 Å². The number of hydrogen-bond donors (Lipinski definition) is 1. The first-order chi connectivity index (χ1) is 11.4. The highest BCUT2D eigenvalue weighted by atomic mass is 15.2. The van der Waals surface area contributed by atoms with Crippen molar-refractivity contribution < 1.29 is 0 Å². The molecule has 0 radical (unpaired) electrons. The first-order valence-electron chi connectivity index (χ1n) is 7.49. The van der Waals surface area contributed by atoms with Crippen molar-refractivity contribution in [3.63, 3.8) is 0 Å². The molecule has 3 heterocycles. The van der Waals surface area contributed by atoms with Crippen molar-refractivity contribution in [2.24, 2.45) is 0 Å². The van der Waals surface area contributed by atoms with Crippen LogP contribution in [0.2, 0.25) is 0 Å². The summed E-state index contributed by atoms with van der Waals surface area (Å²) in [4.78, 5) is 13.2. The summed E-state index contributed by atoms with van der Waals surface area (Å²) in [6.45, 7) is 1.69. The fourth-order valence-electron chi connectivity index (χ4n) is 2.54. The van der Waals surface area contributed by atoms with Crippen LogP contribution in [0.1, 0.15) is 0 Å². The molecule has 1 N–H and O–H groups in total. The smallest absolute Gasteiger partial charge is 0.165 e. The van der Waals surface area contributed by atoms with Crippen LogP contribution >= 0.6 is 0 Å². The normalized spacial score (nSPS) is 11.0. The van der Waals surface area contributed by atoms with Crippen LogP contribution in [0.25, 0.3) is 11.2 Å². The standard InChI is InChI=1S/C17H16N6/c1-2-6-14(7-3-1)21-16-15-17(19-12-18-16)23(13-20-15)11-10-22-8-4-5-9-22/h1-9,12-13H,10-11H2,(H,18,19,21). The van der Waals surface area contributed by atoms with E-state index in [1.165, 1.54) is 0 Å². The number of aromatic nitrogens is 5. The minimum atomic E-state index is 0.723. The van der Waals surface area contributed by atoms with Crippen LogP contribution in [0.5, 0.6) is 0 Å². The molecule has 0 unspecified atom stereocenters. The number of anilines is 2. The van der Waals surface area contributed by atoms with Gasteiger partial charge in [-0.15, -0.1) is 0 Å². The Bertz CT molecular complexity index is 895. The summed E-state index contributed by atoms with van der Waals surface area (Å²) in [6.07, 6.45) is 7.49. The average molecular weight is 304 g/mol. The van der Waals surface area contributed by atoms with E-state index in [-0.39, 0.29) is 0 Å². The van der Waals surface area contributed by atoms with Crippen molar-refractivity contribution >= 4 is 22.7 Å². The highest BCUT2D eigenvalue weighted by Crippen LogP contribution is 2.21. The van der Waals surface area contributed by atoms with Crippen LogP contribution in [0, 0.1) is 0 Å². The lowest BCUT2D eigenvalue weighted by molar-refractivity contribution is 0.588. The Hall–Kier alpha value is -3.15. The third kappa shape index (κ3) is 2.78. The van der Waals surface area contributed by atoms with Crippen LogP contribution in [0.15, 0.2) is 67.5 Å². The van der Waals surface area contributed by atoms with Crippen molar-refractivity contribution in [1.29, 1.82) is 0 Å². The maximum absolute atomic E-state index is 4.48. The lowest BCUT2D eigenvalue weighted by Crippen LogP contribution is -2.05. The van der Waals surface area contributed by atoms with Gasteiger partial charge in [-0.05, 0) is 24.3 Å². The molecule has 6 nitrogen and oxygen atoms in total. The largest absolute Gasteiger partial charge is 0.352 e. The predicted octanol–water partition coefficient (Wildman–Crippen LogP) is 3.07. The maximum Gasteiger partial charge on any atom is 0.165 e. The monoisotopic (exact) mass is 304 g/mol. The number of fused-ring (bicyclic) bond motifs is 1. The quantitative estimate of drug-likeness (QED) is 0.615. The van der Waals surface area contributed by atoms with E-state index < -0.39 is 0 Å². The first kappa shape index (κ1) is 13.5. The summed E-state index contributed by atoms with van der Waals surface area (Å²) in [5.74, 6) is 0.723. The molecule has 4 rings (SSSR count). The molecule has 0 aliphatic carbocycles. The molecule has 0 spiro atoms. The van der Waals surface area contributed by atoms with Gasteiger partial charge in [0.25, 0.3) is 0 Å². The van der Waals surface area contributed by atoms with Crippen LogP contribution in [-0.2, 0) is 13.1 Å². The van der Waals surface area contributed by atoms with Gasteiger partial charge in [0.1, 0.15) is 6.33 Å². The number of imidazole rings is 1. The van der Waals surface area contributed by atoms with Gasteiger partial charge in [-0.1, -0.05) is 18.2 Å². The molecule has 114 valence electrons. The molecule has 0 saturated carbocycles. The zero-order chi connectivity index (χ0) is 15.5. The zero-order valence-corrected chi connectivity index (χ0v) is 12.5. The topological polar surface area (TPSA) is 60.6 Å². The van der Waals surface area contributed by atoms with Gasteiger partial charge in [-0.3, -0.25) is 0 Å². The Kier molecular flexibility index (Phi) is 3.48. The van der Waals surface area contributed by atoms with Crippen LogP contribution in [0.3, 0.4) is 0 Å². The molecule has 23 heavy (non-hydrogen) atoms.